The molecule has 1 saturated heterocycles. The van der Waals surface area contributed by atoms with Crippen molar-refractivity contribution in [1.82, 2.24) is 14.9 Å². The van der Waals surface area contributed by atoms with Crippen LogP contribution in [0.2, 0.25) is 0 Å². The quantitative estimate of drug-likeness (QED) is 0.702. The minimum Gasteiger partial charge on any atom is -0.353 e. The lowest BCUT2D eigenvalue weighted by Crippen LogP contribution is -2.41. The third-order valence-corrected chi connectivity index (χ3v) is 5.36. The summed E-state index contributed by atoms with van der Waals surface area (Å²) in [4.78, 5) is 11.6. The van der Waals surface area contributed by atoms with E-state index < -0.39 is 10.0 Å². The fourth-order valence-electron chi connectivity index (χ4n) is 2.31. The molecule has 6 nitrogen and oxygen atoms in total. The summed E-state index contributed by atoms with van der Waals surface area (Å²) in [6, 6.07) is 0.0216. The van der Waals surface area contributed by atoms with Gasteiger partial charge in [-0.3, -0.25) is 4.79 Å². The number of amides is 1. The Hall–Kier alpha value is -0.660. The van der Waals surface area contributed by atoms with Gasteiger partial charge in [-0.1, -0.05) is 0 Å². The minimum atomic E-state index is -3.34. The van der Waals surface area contributed by atoms with Crippen LogP contribution in [-0.4, -0.2) is 57.1 Å². The number of piperidine rings is 1. The van der Waals surface area contributed by atoms with E-state index in [9.17, 15) is 13.2 Å². The monoisotopic (exact) mass is 305 g/mol. The molecule has 0 bridgehead atoms. The number of carbonyl (C=O) groups excluding carboxylic acids is 1. The molecule has 1 aliphatic rings. The smallest absolute Gasteiger partial charge is 0.235 e. The van der Waals surface area contributed by atoms with Gasteiger partial charge in [0.1, 0.15) is 0 Å². The summed E-state index contributed by atoms with van der Waals surface area (Å²) in [7, 11) is -1.87. The third-order valence-electron chi connectivity index (χ3n) is 3.53. The third kappa shape index (κ3) is 6.19. The van der Waals surface area contributed by atoms with E-state index >= 15 is 0 Å². The molecule has 0 spiro atoms. The predicted molar refractivity (Wildman–Crippen MR) is 79.9 cm³/mol. The Morgan fingerprint density at radius 1 is 1.35 bits per heavy atom. The van der Waals surface area contributed by atoms with Crippen LogP contribution in [0, 0.1) is 5.92 Å². The van der Waals surface area contributed by atoms with Crippen LogP contribution in [0.5, 0.6) is 0 Å². The fourth-order valence-corrected chi connectivity index (χ4v) is 3.57. The van der Waals surface area contributed by atoms with Crippen molar-refractivity contribution in [3.8, 4) is 0 Å². The lowest BCUT2D eigenvalue weighted by Gasteiger charge is -2.24. The molecule has 118 valence electrons. The van der Waals surface area contributed by atoms with E-state index in [1.165, 1.54) is 7.05 Å². The summed E-state index contributed by atoms with van der Waals surface area (Å²) in [6.07, 6.45) is 2.75. The Bertz CT molecular complexity index is 403. The van der Waals surface area contributed by atoms with Gasteiger partial charge in [-0.05, 0) is 52.1 Å². The molecule has 0 aliphatic carbocycles. The van der Waals surface area contributed by atoms with Gasteiger partial charge in [-0.2, -0.15) is 4.31 Å². The van der Waals surface area contributed by atoms with Crippen LogP contribution in [0.1, 0.15) is 33.1 Å². The van der Waals surface area contributed by atoms with Gasteiger partial charge < -0.3 is 10.6 Å². The molecule has 1 aliphatic heterocycles. The van der Waals surface area contributed by atoms with Crippen LogP contribution in [0.3, 0.4) is 0 Å². The van der Waals surface area contributed by atoms with E-state index in [-0.39, 0.29) is 24.2 Å². The SMILES string of the molecule is CC(C)NC(=O)CN(C)S(=O)(=O)CCC1CCNCC1. The maximum absolute atomic E-state index is 12.1. The fraction of sp³-hybridized carbons (Fsp3) is 0.923. The minimum absolute atomic E-state index is 0.0216. The Morgan fingerprint density at radius 2 is 1.95 bits per heavy atom. The first-order valence-electron chi connectivity index (χ1n) is 7.25. The number of rotatable bonds is 7. The number of nitrogens with zero attached hydrogens (tertiary/aromatic N) is 1. The van der Waals surface area contributed by atoms with E-state index in [4.69, 9.17) is 0 Å². The average Bonchev–Trinajstić information content (AvgIpc) is 2.36. The first-order valence-corrected chi connectivity index (χ1v) is 8.86. The molecule has 0 radical (unpaired) electrons. The number of sulfonamides is 1. The van der Waals surface area contributed by atoms with Gasteiger partial charge in [0.05, 0.1) is 12.3 Å². The van der Waals surface area contributed by atoms with Gasteiger partial charge in [-0.25, -0.2) is 8.42 Å². The lowest BCUT2D eigenvalue weighted by molar-refractivity contribution is -0.121. The van der Waals surface area contributed by atoms with Gasteiger partial charge in [0, 0.05) is 13.1 Å². The van der Waals surface area contributed by atoms with Crippen molar-refractivity contribution in [1.29, 1.82) is 0 Å². The summed E-state index contributed by atoms with van der Waals surface area (Å²) in [5, 5.41) is 5.96. The van der Waals surface area contributed by atoms with Crippen molar-refractivity contribution in [3.05, 3.63) is 0 Å². The second kappa shape index (κ2) is 7.95. The van der Waals surface area contributed by atoms with E-state index in [0.717, 1.165) is 30.2 Å². The number of nitrogens with one attached hydrogen (secondary N) is 2. The van der Waals surface area contributed by atoms with Crippen LogP contribution >= 0.6 is 0 Å². The van der Waals surface area contributed by atoms with Crippen LogP contribution in [0.4, 0.5) is 0 Å². The lowest BCUT2D eigenvalue weighted by atomic mass is 9.96. The molecule has 0 aromatic rings. The zero-order chi connectivity index (χ0) is 15.2. The maximum atomic E-state index is 12.1. The molecule has 1 rings (SSSR count). The Balaban J connectivity index is 2.40. The summed E-state index contributed by atoms with van der Waals surface area (Å²) in [5.74, 6) is 0.347. The molecular weight excluding hydrogens is 278 g/mol. The first-order chi connectivity index (χ1) is 9.31. The molecule has 20 heavy (non-hydrogen) atoms. The van der Waals surface area contributed by atoms with Crippen LogP contribution in [0.25, 0.3) is 0 Å². The van der Waals surface area contributed by atoms with E-state index in [2.05, 4.69) is 10.6 Å². The van der Waals surface area contributed by atoms with E-state index in [1.807, 2.05) is 13.8 Å². The number of hydrogen-bond acceptors (Lipinski definition) is 4. The molecule has 0 atom stereocenters. The van der Waals surface area contributed by atoms with Crippen LogP contribution in [0.15, 0.2) is 0 Å². The number of likely N-dealkylation sites (N-methyl/N-ethyl adjacent to an activating group) is 1. The highest BCUT2D eigenvalue weighted by molar-refractivity contribution is 7.89. The maximum Gasteiger partial charge on any atom is 0.235 e. The Kier molecular flexibility index (Phi) is 6.91. The van der Waals surface area contributed by atoms with Gasteiger partial charge in [0.2, 0.25) is 15.9 Å². The standard InChI is InChI=1S/C13H27N3O3S/c1-11(2)15-13(17)10-16(3)20(18,19)9-6-12-4-7-14-8-5-12/h11-12,14H,4-10H2,1-3H3,(H,15,17). The zero-order valence-electron chi connectivity index (χ0n) is 12.7. The second-order valence-corrected chi connectivity index (χ2v) is 7.97. The molecule has 0 aromatic carbocycles. The van der Waals surface area contributed by atoms with Crippen molar-refractivity contribution in [2.45, 2.75) is 39.2 Å². The average molecular weight is 305 g/mol. The highest BCUT2D eigenvalue weighted by Gasteiger charge is 2.23. The Labute approximate surface area is 122 Å². The second-order valence-electron chi connectivity index (χ2n) is 5.78. The van der Waals surface area contributed by atoms with Crippen molar-refractivity contribution in [2.75, 3.05) is 32.4 Å². The molecule has 7 heteroatoms. The zero-order valence-corrected chi connectivity index (χ0v) is 13.5. The Morgan fingerprint density at radius 3 is 2.50 bits per heavy atom. The number of hydrogen-bond donors (Lipinski definition) is 2. The van der Waals surface area contributed by atoms with Crippen molar-refractivity contribution >= 4 is 15.9 Å². The summed E-state index contributed by atoms with van der Waals surface area (Å²) in [5.41, 5.74) is 0. The summed E-state index contributed by atoms with van der Waals surface area (Å²) >= 11 is 0. The normalized spacial score (nSPS) is 17.6. The van der Waals surface area contributed by atoms with Crippen LogP contribution in [-0.2, 0) is 14.8 Å². The molecule has 1 amide bonds. The van der Waals surface area contributed by atoms with E-state index in [1.54, 1.807) is 0 Å². The molecule has 0 aromatic heterocycles. The number of carbonyl (C=O) groups is 1. The summed E-state index contributed by atoms with van der Waals surface area (Å²) in [6.45, 7) is 5.54. The van der Waals surface area contributed by atoms with Gasteiger partial charge in [0.25, 0.3) is 0 Å². The summed E-state index contributed by atoms with van der Waals surface area (Å²) < 4.78 is 25.4. The van der Waals surface area contributed by atoms with Crippen molar-refractivity contribution < 1.29 is 13.2 Å². The van der Waals surface area contributed by atoms with E-state index in [0.29, 0.717) is 12.3 Å². The largest absolute Gasteiger partial charge is 0.353 e. The molecule has 0 unspecified atom stereocenters. The predicted octanol–water partition coefficient (Wildman–Crippen LogP) is 0.162. The molecule has 1 fully saturated rings. The van der Waals surface area contributed by atoms with Gasteiger partial charge >= 0.3 is 0 Å². The molecular formula is C13H27N3O3S. The van der Waals surface area contributed by atoms with Gasteiger partial charge in [-0.15, -0.1) is 0 Å². The van der Waals surface area contributed by atoms with Crippen molar-refractivity contribution in [3.63, 3.8) is 0 Å². The van der Waals surface area contributed by atoms with Gasteiger partial charge in [0.15, 0.2) is 0 Å². The highest BCUT2D eigenvalue weighted by Crippen LogP contribution is 2.17. The van der Waals surface area contributed by atoms with Crippen LogP contribution < -0.4 is 10.6 Å². The first kappa shape index (κ1) is 17.4. The molecule has 0 saturated carbocycles. The highest BCUT2D eigenvalue weighted by atomic mass is 32.2. The topological polar surface area (TPSA) is 78.5 Å². The molecule has 2 N–H and O–H groups in total. The molecule has 1 heterocycles. The van der Waals surface area contributed by atoms with Crippen molar-refractivity contribution in [2.24, 2.45) is 5.92 Å².